The fourth-order valence-corrected chi connectivity index (χ4v) is 7.73. The molecule has 3 heterocycles. The molecule has 268 valence electrons. The van der Waals surface area contributed by atoms with Crippen molar-refractivity contribution in [3.63, 3.8) is 0 Å². The Balaban J connectivity index is 1.37. The Labute approximate surface area is 314 Å². The number of nitrogens with zero attached hydrogens (tertiary/aromatic N) is 6. The highest BCUT2D eigenvalue weighted by atomic mass is 16.2. The molecule has 0 aliphatic carbocycles. The molecule has 0 spiro atoms. The number of anilines is 1. The van der Waals surface area contributed by atoms with Crippen LogP contribution in [0.25, 0.3) is 22.5 Å². The average molecular weight is 712 g/mol. The summed E-state index contributed by atoms with van der Waals surface area (Å²) in [5.74, 6) is 0.632. The molecule has 0 saturated heterocycles. The summed E-state index contributed by atoms with van der Waals surface area (Å²) >= 11 is 0. The van der Waals surface area contributed by atoms with Gasteiger partial charge in [-0.3, -0.25) is 19.5 Å². The van der Waals surface area contributed by atoms with Crippen LogP contribution in [-0.2, 0) is 28.7 Å². The molecule has 0 unspecified atom stereocenters. The Morgan fingerprint density at radius 2 is 1.30 bits per heavy atom. The highest BCUT2D eigenvalue weighted by molar-refractivity contribution is 5.98. The van der Waals surface area contributed by atoms with Gasteiger partial charge in [-0.05, 0) is 76.6 Å². The predicted molar refractivity (Wildman–Crippen MR) is 211 cm³/mol. The molecular weight excluding hydrogens is 671 g/mol. The van der Waals surface area contributed by atoms with Crippen LogP contribution in [0.3, 0.4) is 0 Å². The molecule has 9 heteroatoms. The third-order valence-corrected chi connectivity index (χ3v) is 10.5. The number of carbonyl (C=O) groups is 1. The number of rotatable bonds is 11. The van der Waals surface area contributed by atoms with E-state index < -0.39 is 11.1 Å². The lowest BCUT2D eigenvalue weighted by atomic mass is 9.76. The number of tetrazole rings is 1. The van der Waals surface area contributed by atoms with Crippen LogP contribution in [0, 0.1) is 0 Å². The smallest absolute Gasteiger partial charge is 0.259 e. The summed E-state index contributed by atoms with van der Waals surface area (Å²) in [6.07, 6.45) is 2.77. The van der Waals surface area contributed by atoms with Crippen molar-refractivity contribution in [3.05, 3.63) is 183 Å². The zero-order valence-electron chi connectivity index (χ0n) is 30.6. The fourth-order valence-electron chi connectivity index (χ4n) is 7.73. The molecule has 8 rings (SSSR count). The van der Waals surface area contributed by atoms with Crippen LogP contribution in [0.5, 0.6) is 0 Å². The Bertz CT molecular complexity index is 2400. The van der Waals surface area contributed by atoms with Gasteiger partial charge in [0.25, 0.3) is 11.5 Å². The molecule has 1 amide bonds. The van der Waals surface area contributed by atoms with Crippen LogP contribution in [0.15, 0.2) is 144 Å². The van der Waals surface area contributed by atoms with Crippen molar-refractivity contribution in [3.8, 4) is 22.5 Å². The Kier molecular flexibility index (Phi) is 9.07. The van der Waals surface area contributed by atoms with Crippen LogP contribution in [0.2, 0.25) is 0 Å². The zero-order chi connectivity index (χ0) is 37.3. The van der Waals surface area contributed by atoms with Crippen molar-refractivity contribution < 1.29 is 4.79 Å². The van der Waals surface area contributed by atoms with Gasteiger partial charge >= 0.3 is 0 Å². The summed E-state index contributed by atoms with van der Waals surface area (Å²) in [5, 5.41) is 16.8. The summed E-state index contributed by atoms with van der Waals surface area (Å²) in [7, 11) is 0. The molecule has 1 aliphatic heterocycles. The third kappa shape index (κ3) is 5.82. The predicted octanol–water partition coefficient (Wildman–Crippen LogP) is 8.02. The van der Waals surface area contributed by atoms with Crippen LogP contribution in [0.4, 0.5) is 5.95 Å². The van der Waals surface area contributed by atoms with E-state index in [1.807, 2.05) is 77.5 Å². The summed E-state index contributed by atoms with van der Waals surface area (Å²) in [4.78, 5) is 32.2. The number of hydrogen-bond acceptors (Lipinski definition) is 6. The molecule has 54 heavy (non-hydrogen) atoms. The van der Waals surface area contributed by atoms with E-state index in [4.69, 9.17) is 15.3 Å². The second kappa shape index (κ2) is 14.2. The largest absolute Gasteiger partial charge is 0.294 e. The van der Waals surface area contributed by atoms with Gasteiger partial charge in [0, 0.05) is 17.5 Å². The minimum absolute atomic E-state index is 0.204. The molecule has 0 saturated carbocycles. The molecule has 0 bridgehead atoms. The number of benzene rings is 5. The number of carbonyl (C=O) groups excluding carboxylic acids is 1. The number of fused-ring (bicyclic) bond motifs is 1. The van der Waals surface area contributed by atoms with Crippen LogP contribution < -0.4 is 10.9 Å². The van der Waals surface area contributed by atoms with Gasteiger partial charge in [-0.2, -0.15) is 0 Å². The highest BCUT2D eigenvalue weighted by Crippen LogP contribution is 2.43. The molecular formula is C45H41N7O2. The van der Waals surface area contributed by atoms with E-state index >= 15 is 0 Å². The van der Waals surface area contributed by atoms with E-state index in [0.29, 0.717) is 35.9 Å². The zero-order valence-corrected chi connectivity index (χ0v) is 30.6. The minimum Gasteiger partial charge on any atom is -0.294 e. The summed E-state index contributed by atoms with van der Waals surface area (Å²) in [5.41, 5.74) is 5.74. The minimum atomic E-state index is -1.06. The van der Waals surface area contributed by atoms with Crippen LogP contribution in [0.1, 0.15) is 67.1 Å². The van der Waals surface area contributed by atoms with Crippen molar-refractivity contribution in [1.29, 1.82) is 0 Å². The molecule has 7 aromatic rings. The van der Waals surface area contributed by atoms with E-state index in [0.717, 1.165) is 51.8 Å². The molecule has 0 fully saturated rings. The van der Waals surface area contributed by atoms with Crippen LogP contribution in [-0.4, -0.2) is 35.7 Å². The molecule has 0 radical (unpaired) electrons. The second-order valence-corrected chi connectivity index (χ2v) is 14.3. The first kappa shape index (κ1) is 34.6. The number of hydrogen-bond donors (Lipinski definition) is 1. The van der Waals surface area contributed by atoms with Gasteiger partial charge in [0.05, 0.1) is 5.69 Å². The maximum Gasteiger partial charge on any atom is 0.259 e. The topological polar surface area (TPSA) is 108 Å². The van der Waals surface area contributed by atoms with Gasteiger partial charge in [-0.15, -0.1) is 5.10 Å². The Morgan fingerprint density at radius 3 is 1.87 bits per heavy atom. The molecule has 5 aromatic carbocycles. The van der Waals surface area contributed by atoms with E-state index in [1.165, 1.54) is 4.57 Å². The normalized spacial score (nSPS) is 13.4. The second-order valence-electron chi connectivity index (χ2n) is 14.3. The Hall–Kier alpha value is -6.48. The first-order valence-corrected chi connectivity index (χ1v) is 18.4. The van der Waals surface area contributed by atoms with Crippen molar-refractivity contribution in [2.75, 3.05) is 5.32 Å². The van der Waals surface area contributed by atoms with Gasteiger partial charge in [0.2, 0.25) is 5.95 Å². The van der Waals surface area contributed by atoms with E-state index in [1.54, 1.807) is 13.8 Å². The number of aryl methyl sites for hydroxylation is 1. The Morgan fingerprint density at radius 1 is 0.722 bits per heavy atom. The molecule has 0 atom stereocenters. The number of aromatic nitrogens is 6. The molecule has 2 aromatic heterocycles. The van der Waals surface area contributed by atoms with Crippen molar-refractivity contribution >= 4 is 11.9 Å². The molecule has 1 N–H and O–H groups in total. The maximum atomic E-state index is 14.4. The number of nitrogens with one attached hydrogen (secondary N) is 1. The van der Waals surface area contributed by atoms with E-state index in [-0.39, 0.29) is 11.5 Å². The monoisotopic (exact) mass is 711 g/mol. The van der Waals surface area contributed by atoms with Gasteiger partial charge in [-0.25, -0.2) is 9.67 Å². The number of unbranched alkanes of at least 4 members (excludes halogenated alkanes) is 1. The SMILES string of the molecule is CCCCc1nc2n(c(=O)c1Cc1ccc(-c3ccccc3)c(-c3nnnn3C(c3ccccc3)(c3ccccc3)c3ccccc3)c1)C(C)(C)C(=O)N2. The molecule has 1 aliphatic rings. The van der Waals surface area contributed by atoms with Crippen molar-refractivity contribution in [2.24, 2.45) is 0 Å². The number of amides is 1. The van der Waals surface area contributed by atoms with Crippen LogP contribution >= 0.6 is 0 Å². The summed E-state index contributed by atoms with van der Waals surface area (Å²) in [6, 6.07) is 47.5. The van der Waals surface area contributed by atoms with Gasteiger partial charge in [0.1, 0.15) is 11.1 Å². The standard InChI is InChI=1S/C45H41N7O2/c1-4-5-26-39-38(41(53)51-43(46-39)47-42(54)44(51,2)3)30-31-27-28-36(32-18-10-6-11-19-32)37(29-31)40-48-49-50-52(40)45(33-20-12-7-13-21-33,34-22-14-8-15-23-34)35-24-16-9-17-25-35/h6-25,27-29H,4-5,26,30H2,1-3H3,(H,46,47,54). The highest BCUT2D eigenvalue weighted by Gasteiger charge is 2.43. The lowest BCUT2D eigenvalue weighted by Gasteiger charge is -2.36. The fraction of sp³-hybridized carbons (Fsp3) is 0.200. The lowest BCUT2D eigenvalue weighted by Crippen LogP contribution is -2.40. The van der Waals surface area contributed by atoms with Gasteiger partial charge in [0.15, 0.2) is 5.82 Å². The first-order valence-electron chi connectivity index (χ1n) is 18.4. The average Bonchev–Trinajstić information content (AvgIpc) is 3.78. The molecule has 9 nitrogen and oxygen atoms in total. The maximum absolute atomic E-state index is 14.4. The van der Waals surface area contributed by atoms with E-state index in [2.05, 4.69) is 84.2 Å². The summed E-state index contributed by atoms with van der Waals surface area (Å²) in [6.45, 7) is 5.62. The van der Waals surface area contributed by atoms with Crippen molar-refractivity contribution in [1.82, 2.24) is 29.8 Å². The third-order valence-electron chi connectivity index (χ3n) is 10.5. The summed E-state index contributed by atoms with van der Waals surface area (Å²) < 4.78 is 3.45. The first-order chi connectivity index (χ1) is 26.3. The quantitative estimate of drug-likeness (QED) is 0.136. The lowest BCUT2D eigenvalue weighted by molar-refractivity contribution is -0.121. The van der Waals surface area contributed by atoms with Gasteiger partial charge in [-0.1, -0.05) is 147 Å². The van der Waals surface area contributed by atoms with Gasteiger partial charge < -0.3 is 0 Å². The van der Waals surface area contributed by atoms with Crippen molar-refractivity contribution in [2.45, 2.75) is 57.5 Å². The van der Waals surface area contributed by atoms with E-state index in [9.17, 15) is 9.59 Å².